The summed E-state index contributed by atoms with van der Waals surface area (Å²) in [5, 5.41) is 0. The molecule has 1 aliphatic rings. The fourth-order valence-electron chi connectivity index (χ4n) is 1.72. The van der Waals surface area contributed by atoms with Gasteiger partial charge in [-0.1, -0.05) is 0 Å². The van der Waals surface area contributed by atoms with Crippen LogP contribution in [0.2, 0.25) is 0 Å². The highest BCUT2D eigenvalue weighted by Crippen LogP contribution is 2.12. The fourth-order valence-corrected chi connectivity index (χ4v) is 2.38. The van der Waals surface area contributed by atoms with Crippen molar-refractivity contribution in [2.45, 2.75) is 26.1 Å². The Morgan fingerprint density at radius 2 is 2.07 bits per heavy atom. The largest absolute Gasteiger partial charge is 0.372 e. The molecule has 0 radical (unpaired) electrons. The number of carbonyl (C=O) groups excluding carboxylic acids is 1. The van der Waals surface area contributed by atoms with Gasteiger partial charge in [0.1, 0.15) is 0 Å². The number of nitrogens with zero attached hydrogens (tertiary/aromatic N) is 1. The number of nitrogens with two attached hydrogens (primary N) is 1. The smallest absolute Gasteiger partial charge is 0.232 e. The van der Waals surface area contributed by atoms with E-state index in [4.69, 9.17) is 10.5 Å². The second-order valence-corrected chi connectivity index (χ2v) is 5.00. The van der Waals surface area contributed by atoms with Gasteiger partial charge in [0.2, 0.25) is 5.91 Å². The molecule has 1 saturated heterocycles. The molecule has 0 saturated carbocycles. The van der Waals surface area contributed by atoms with E-state index >= 15 is 0 Å². The van der Waals surface area contributed by atoms with E-state index in [2.05, 4.69) is 0 Å². The van der Waals surface area contributed by atoms with Crippen LogP contribution in [0.3, 0.4) is 0 Å². The topological polar surface area (TPSA) is 55.6 Å². The third-order valence-corrected chi connectivity index (χ3v) is 3.24. The molecule has 4 nitrogen and oxygen atoms in total. The monoisotopic (exact) mass is 232 g/mol. The molecule has 2 unspecified atom stereocenters. The van der Waals surface area contributed by atoms with Crippen LogP contribution in [-0.2, 0) is 9.53 Å². The van der Waals surface area contributed by atoms with Gasteiger partial charge in [0.05, 0.1) is 18.0 Å². The van der Waals surface area contributed by atoms with Crippen molar-refractivity contribution in [3.05, 3.63) is 0 Å². The van der Waals surface area contributed by atoms with Gasteiger partial charge in [-0.15, -0.1) is 0 Å². The van der Waals surface area contributed by atoms with E-state index in [1.54, 1.807) is 11.8 Å². The summed E-state index contributed by atoms with van der Waals surface area (Å²) in [7, 11) is 0. The Balaban J connectivity index is 2.31. The minimum Gasteiger partial charge on any atom is -0.372 e. The summed E-state index contributed by atoms with van der Waals surface area (Å²) in [4.78, 5) is 13.7. The molecule has 2 N–H and O–H groups in total. The average molecular weight is 232 g/mol. The Labute approximate surface area is 95.5 Å². The van der Waals surface area contributed by atoms with Gasteiger partial charge in [0.15, 0.2) is 0 Å². The lowest BCUT2D eigenvalue weighted by molar-refractivity contribution is -0.140. The molecule has 2 atom stereocenters. The van der Waals surface area contributed by atoms with E-state index < -0.39 is 0 Å². The molecule has 0 bridgehead atoms. The minimum atomic E-state index is 0.150. The van der Waals surface area contributed by atoms with Crippen LogP contribution in [0.25, 0.3) is 0 Å². The molecular formula is C10H20N2O2S. The first-order valence-corrected chi connectivity index (χ1v) is 6.50. The molecule has 0 aromatic heterocycles. The Morgan fingerprint density at radius 1 is 1.47 bits per heavy atom. The molecule has 0 spiro atoms. The number of morpholine rings is 1. The predicted molar refractivity (Wildman–Crippen MR) is 63.0 cm³/mol. The minimum absolute atomic E-state index is 0.150. The number of carbonyl (C=O) groups is 1. The van der Waals surface area contributed by atoms with Gasteiger partial charge in [0.25, 0.3) is 0 Å². The van der Waals surface area contributed by atoms with Crippen LogP contribution < -0.4 is 5.73 Å². The van der Waals surface area contributed by atoms with Crippen LogP contribution in [0, 0.1) is 0 Å². The third kappa shape index (κ3) is 4.40. The van der Waals surface area contributed by atoms with Gasteiger partial charge in [-0.3, -0.25) is 4.79 Å². The first-order valence-electron chi connectivity index (χ1n) is 5.34. The van der Waals surface area contributed by atoms with Crippen molar-refractivity contribution in [3.8, 4) is 0 Å². The van der Waals surface area contributed by atoms with Crippen LogP contribution in [0.15, 0.2) is 0 Å². The summed E-state index contributed by atoms with van der Waals surface area (Å²) in [6.45, 7) is 6.07. The Hall–Kier alpha value is -0.260. The molecule has 1 fully saturated rings. The van der Waals surface area contributed by atoms with Crippen molar-refractivity contribution < 1.29 is 9.53 Å². The third-order valence-electron chi connectivity index (χ3n) is 2.26. The summed E-state index contributed by atoms with van der Waals surface area (Å²) in [6.07, 6.45) is 0.300. The Bertz CT molecular complexity index is 204. The SMILES string of the molecule is CC1CN(C(=O)CSCCN)CC(C)O1. The van der Waals surface area contributed by atoms with Crippen molar-refractivity contribution in [3.63, 3.8) is 0 Å². The van der Waals surface area contributed by atoms with Crippen molar-refractivity contribution in [1.29, 1.82) is 0 Å². The normalized spacial score (nSPS) is 26.7. The highest BCUT2D eigenvalue weighted by Gasteiger charge is 2.25. The summed E-state index contributed by atoms with van der Waals surface area (Å²) in [5.41, 5.74) is 5.37. The Kier molecular flexibility index (Phi) is 5.42. The van der Waals surface area contributed by atoms with E-state index in [0.29, 0.717) is 25.4 Å². The molecule has 1 rings (SSSR count). The zero-order valence-corrected chi connectivity index (χ0v) is 10.3. The molecule has 0 aliphatic carbocycles. The van der Waals surface area contributed by atoms with Crippen LogP contribution in [0.1, 0.15) is 13.8 Å². The summed E-state index contributed by atoms with van der Waals surface area (Å²) in [5.74, 6) is 1.59. The van der Waals surface area contributed by atoms with Gasteiger partial charge in [0, 0.05) is 25.4 Å². The van der Waals surface area contributed by atoms with Crippen molar-refractivity contribution in [2.75, 3.05) is 31.1 Å². The lowest BCUT2D eigenvalue weighted by atomic mass is 10.2. The molecule has 0 aromatic rings. The number of rotatable bonds is 4. The maximum Gasteiger partial charge on any atom is 0.232 e. The van der Waals surface area contributed by atoms with Gasteiger partial charge >= 0.3 is 0 Å². The van der Waals surface area contributed by atoms with Gasteiger partial charge in [-0.2, -0.15) is 11.8 Å². The Morgan fingerprint density at radius 3 is 2.60 bits per heavy atom. The van der Waals surface area contributed by atoms with E-state index in [9.17, 15) is 4.79 Å². The van der Waals surface area contributed by atoms with Crippen LogP contribution in [0.4, 0.5) is 0 Å². The van der Waals surface area contributed by atoms with Gasteiger partial charge < -0.3 is 15.4 Å². The quantitative estimate of drug-likeness (QED) is 0.709. The molecule has 88 valence electrons. The molecule has 1 heterocycles. The highest BCUT2D eigenvalue weighted by atomic mass is 32.2. The second kappa shape index (κ2) is 6.35. The number of thioether (sulfide) groups is 1. The first kappa shape index (κ1) is 12.8. The van der Waals surface area contributed by atoms with Crippen molar-refractivity contribution in [1.82, 2.24) is 4.90 Å². The fraction of sp³-hybridized carbons (Fsp3) is 0.900. The van der Waals surface area contributed by atoms with E-state index in [-0.39, 0.29) is 18.1 Å². The van der Waals surface area contributed by atoms with Crippen molar-refractivity contribution >= 4 is 17.7 Å². The van der Waals surface area contributed by atoms with Crippen LogP contribution >= 0.6 is 11.8 Å². The van der Waals surface area contributed by atoms with E-state index in [1.165, 1.54) is 0 Å². The molecule has 0 aromatic carbocycles. The van der Waals surface area contributed by atoms with E-state index in [0.717, 1.165) is 5.75 Å². The van der Waals surface area contributed by atoms with E-state index in [1.807, 2.05) is 18.7 Å². The van der Waals surface area contributed by atoms with Crippen molar-refractivity contribution in [2.24, 2.45) is 5.73 Å². The summed E-state index contributed by atoms with van der Waals surface area (Å²) in [6, 6.07) is 0. The lowest BCUT2D eigenvalue weighted by Crippen LogP contribution is -2.48. The predicted octanol–water partition coefficient (Wildman–Crippen LogP) is 0.314. The zero-order valence-electron chi connectivity index (χ0n) is 9.44. The number of ether oxygens (including phenoxy) is 1. The van der Waals surface area contributed by atoms with Crippen LogP contribution in [-0.4, -0.2) is 54.2 Å². The maximum absolute atomic E-state index is 11.8. The molecule has 1 aliphatic heterocycles. The first-order chi connectivity index (χ1) is 7.13. The molecular weight excluding hydrogens is 212 g/mol. The standard InChI is InChI=1S/C10H20N2O2S/c1-8-5-12(6-9(2)14-8)10(13)7-15-4-3-11/h8-9H,3-7,11H2,1-2H3. The molecule has 15 heavy (non-hydrogen) atoms. The average Bonchev–Trinajstić information content (AvgIpc) is 2.16. The maximum atomic E-state index is 11.8. The molecule has 5 heteroatoms. The number of hydrogen-bond acceptors (Lipinski definition) is 4. The lowest BCUT2D eigenvalue weighted by Gasteiger charge is -2.35. The second-order valence-electron chi connectivity index (χ2n) is 3.90. The number of amides is 1. The number of hydrogen-bond donors (Lipinski definition) is 1. The van der Waals surface area contributed by atoms with Gasteiger partial charge in [-0.25, -0.2) is 0 Å². The van der Waals surface area contributed by atoms with Crippen LogP contribution in [0.5, 0.6) is 0 Å². The summed E-state index contributed by atoms with van der Waals surface area (Å²) < 4.78 is 5.57. The summed E-state index contributed by atoms with van der Waals surface area (Å²) >= 11 is 1.60. The zero-order chi connectivity index (χ0) is 11.3. The molecule has 1 amide bonds. The highest BCUT2D eigenvalue weighted by molar-refractivity contribution is 7.99. The van der Waals surface area contributed by atoms with Gasteiger partial charge in [-0.05, 0) is 13.8 Å².